The van der Waals surface area contributed by atoms with E-state index < -0.39 is 35.6 Å². The first kappa shape index (κ1) is 23.0. The summed E-state index contributed by atoms with van der Waals surface area (Å²) < 4.78 is 53.0. The van der Waals surface area contributed by atoms with Crippen LogP contribution in [0.4, 0.5) is 18.9 Å². The van der Waals surface area contributed by atoms with E-state index >= 15 is 0 Å². The van der Waals surface area contributed by atoms with Gasteiger partial charge in [0, 0.05) is 17.3 Å². The molecule has 176 valence electrons. The number of benzene rings is 2. The number of carbonyl (C=O) groups excluding carboxylic acids is 2. The van der Waals surface area contributed by atoms with E-state index in [4.69, 9.17) is 9.15 Å². The summed E-state index contributed by atoms with van der Waals surface area (Å²) in [6.45, 7) is 1.65. The maximum atomic E-state index is 13.1. The van der Waals surface area contributed by atoms with E-state index in [1.54, 1.807) is 25.1 Å². The normalized spacial score (nSPS) is 17.8. The molecule has 10 heteroatoms. The third-order valence-corrected chi connectivity index (χ3v) is 5.15. The fourth-order valence-corrected chi connectivity index (χ4v) is 3.72. The maximum Gasteiger partial charge on any atom is 0.573 e. The average Bonchev–Trinajstić information content (AvgIpc) is 3.33. The van der Waals surface area contributed by atoms with E-state index in [1.165, 1.54) is 37.4 Å². The molecule has 1 aliphatic rings. The molecule has 2 heterocycles. The molecule has 34 heavy (non-hydrogen) atoms. The largest absolute Gasteiger partial charge is 0.573 e. The van der Waals surface area contributed by atoms with Crippen LogP contribution in [0, 0.1) is 6.92 Å². The van der Waals surface area contributed by atoms with Gasteiger partial charge in [-0.05, 0) is 43.3 Å². The molecule has 0 bridgehead atoms. The fraction of sp³-hybridized carbons (Fsp3) is 0.167. The highest BCUT2D eigenvalue weighted by Gasteiger charge is 2.48. The molecule has 0 radical (unpaired) electrons. The molecule has 1 amide bonds. The monoisotopic (exact) mass is 473 g/mol. The van der Waals surface area contributed by atoms with Gasteiger partial charge in [-0.25, -0.2) is 0 Å². The number of carbonyl (C=O) groups is 2. The maximum absolute atomic E-state index is 13.1. The molecule has 1 aliphatic heterocycles. The first-order valence-electron chi connectivity index (χ1n) is 9.96. The number of aliphatic hydroxyl groups is 1. The molecule has 0 spiro atoms. The van der Waals surface area contributed by atoms with Crippen molar-refractivity contribution >= 4 is 23.1 Å². The Morgan fingerprint density at radius 1 is 1.03 bits per heavy atom. The number of hydrogen-bond acceptors (Lipinski definition) is 6. The molecule has 0 aliphatic carbocycles. The van der Waals surface area contributed by atoms with Crippen LogP contribution in [0.1, 0.15) is 23.1 Å². The van der Waals surface area contributed by atoms with Crippen LogP contribution in [0.2, 0.25) is 0 Å². The van der Waals surface area contributed by atoms with Gasteiger partial charge in [0.2, 0.25) is 0 Å². The van der Waals surface area contributed by atoms with Gasteiger partial charge in [0.1, 0.15) is 34.8 Å². The van der Waals surface area contributed by atoms with Crippen molar-refractivity contribution in [2.24, 2.45) is 0 Å². The molecule has 1 fully saturated rings. The number of halogens is 3. The van der Waals surface area contributed by atoms with E-state index in [0.29, 0.717) is 11.5 Å². The lowest BCUT2D eigenvalue weighted by molar-refractivity contribution is -0.274. The lowest BCUT2D eigenvalue weighted by Crippen LogP contribution is -2.29. The Kier molecular flexibility index (Phi) is 5.82. The van der Waals surface area contributed by atoms with Crippen molar-refractivity contribution in [3.8, 4) is 11.5 Å². The number of aryl methyl sites for hydroxylation is 1. The minimum Gasteiger partial charge on any atom is -0.507 e. The second-order valence-corrected chi connectivity index (χ2v) is 7.39. The summed E-state index contributed by atoms with van der Waals surface area (Å²) >= 11 is 0. The number of amides is 1. The summed E-state index contributed by atoms with van der Waals surface area (Å²) in [5, 5.41) is 11.0. The smallest absolute Gasteiger partial charge is 0.507 e. The van der Waals surface area contributed by atoms with Crippen LogP contribution in [0.25, 0.3) is 5.76 Å². The van der Waals surface area contributed by atoms with Crippen LogP contribution in [0.15, 0.2) is 70.7 Å². The predicted octanol–water partition coefficient (Wildman–Crippen LogP) is 5.12. The summed E-state index contributed by atoms with van der Waals surface area (Å²) in [6.07, 6.45) is -4.95. The molecule has 1 aromatic heterocycles. The summed E-state index contributed by atoms with van der Waals surface area (Å²) in [5.41, 5.74) is -0.123. The number of ketones is 1. The number of ether oxygens (including phenoxy) is 2. The topological polar surface area (TPSA) is 89.2 Å². The molecular weight excluding hydrogens is 455 g/mol. The van der Waals surface area contributed by atoms with Crippen molar-refractivity contribution < 1.29 is 41.8 Å². The number of nitrogens with zero attached hydrogens (tertiary/aromatic N) is 1. The molecule has 0 saturated carbocycles. The number of alkyl halides is 3. The van der Waals surface area contributed by atoms with Crippen molar-refractivity contribution in [2.75, 3.05) is 12.0 Å². The van der Waals surface area contributed by atoms with Gasteiger partial charge < -0.3 is 19.0 Å². The van der Waals surface area contributed by atoms with Gasteiger partial charge in [-0.15, -0.1) is 13.2 Å². The summed E-state index contributed by atoms with van der Waals surface area (Å²) in [5.74, 6) is -2.12. The van der Waals surface area contributed by atoms with Crippen LogP contribution in [0.3, 0.4) is 0 Å². The zero-order chi connectivity index (χ0) is 24.6. The van der Waals surface area contributed by atoms with Crippen molar-refractivity contribution in [3.05, 3.63) is 83.3 Å². The first-order chi connectivity index (χ1) is 16.1. The number of rotatable bonds is 5. The summed E-state index contributed by atoms with van der Waals surface area (Å²) in [6, 6.07) is 12.8. The SMILES string of the molecule is COc1cccc(/C(O)=C2/C(=O)C(=O)N(c3cccc(OC(F)(F)F)c3)C2c2ccc(C)o2)c1. The lowest BCUT2D eigenvalue weighted by atomic mass is 9.99. The standard InChI is InChI=1S/C24H18F3NO6/c1-13-9-10-18(33-13)20-19(21(29)14-5-3-7-16(11-14)32-2)22(30)23(31)28(20)15-6-4-8-17(12-15)34-24(25,26)27/h3-12,20,29H,1-2H3/b21-19-. The summed E-state index contributed by atoms with van der Waals surface area (Å²) in [7, 11) is 1.43. The van der Waals surface area contributed by atoms with Gasteiger partial charge in [-0.2, -0.15) is 0 Å². The zero-order valence-corrected chi connectivity index (χ0v) is 17.9. The second kappa shape index (κ2) is 8.62. The van der Waals surface area contributed by atoms with Gasteiger partial charge in [0.15, 0.2) is 0 Å². The van der Waals surface area contributed by atoms with Gasteiger partial charge in [-0.1, -0.05) is 18.2 Å². The minimum absolute atomic E-state index is 0.0485. The van der Waals surface area contributed by atoms with Gasteiger partial charge in [0.05, 0.1) is 12.7 Å². The summed E-state index contributed by atoms with van der Waals surface area (Å²) in [4.78, 5) is 27.1. The molecule has 1 N–H and O–H groups in total. The Bertz CT molecular complexity index is 1290. The zero-order valence-electron chi connectivity index (χ0n) is 17.9. The highest BCUT2D eigenvalue weighted by Crippen LogP contribution is 2.43. The third kappa shape index (κ3) is 4.34. The molecule has 7 nitrogen and oxygen atoms in total. The van der Waals surface area contributed by atoms with E-state index in [2.05, 4.69) is 4.74 Å². The molecule has 1 unspecified atom stereocenters. The number of aliphatic hydroxyl groups excluding tert-OH is 1. The first-order valence-corrected chi connectivity index (χ1v) is 9.96. The number of hydrogen-bond donors (Lipinski definition) is 1. The number of Topliss-reactive ketones (excluding diaryl/α,β-unsaturated/α-hetero) is 1. The fourth-order valence-electron chi connectivity index (χ4n) is 3.72. The quantitative estimate of drug-likeness (QED) is 0.314. The molecular formula is C24H18F3NO6. The average molecular weight is 473 g/mol. The van der Waals surface area contributed by atoms with Crippen LogP contribution in [-0.2, 0) is 9.59 Å². The predicted molar refractivity (Wildman–Crippen MR) is 114 cm³/mol. The number of anilines is 1. The van der Waals surface area contributed by atoms with Crippen molar-refractivity contribution in [3.63, 3.8) is 0 Å². The van der Waals surface area contributed by atoms with Gasteiger partial charge >= 0.3 is 6.36 Å². The Morgan fingerprint density at radius 2 is 1.74 bits per heavy atom. The van der Waals surface area contributed by atoms with E-state index in [0.717, 1.165) is 17.0 Å². The van der Waals surface area contributed by atoms with E-state index in [-0.39, 0.29) is 22.6 Å². The van der Waals surface area contributed by atoms with Gasteiger partial charge in [-0.3, -0.25) is 14.5 Å². The van der Waals surface area contributed by atoms with Crippen molar-refractivity contribution in [1.29, 1.82) is 0 Å². The highest BCUT2D eigenvalue weighted by molar-refractivity contribution is 6.51. The third-order valence-electron chi connectivity index (χ3n) is 5.15. The van der Waals surface area contributed by atoms with Crippen LogP contribution in [0.5, 0.6) is 11.5 Å². The lowest BCUT2D eigenvalue weighted by Gasteiger charge is -2.24. The number of methoxy groups -OCH3 is 1. The van der Waals surface area contributed by atoms with Crippen LogP contribution < -0.4 is 14.4 Å². The van der Waals surface area contributed by atoms with Crippen molar-refractivity contribution in [2.45, 2.75) is 19.3 Å². The second-order valence-electron chi connectivity index (χ2n) is 7.39. The molecule has 4 rings (SSSR count). The Morgan fingerprint density at radius 3 is 2.38 bits per heavy atom. The molecule has 3 aromatic rings. The number of furan rings is 1. The van der Waals surface area contributed by atoms with E-state index in [1.807, 2.05) is 0 Å². The Labute approximate surface area is 191 Å². The van der Waals surface area contributed by atoms with Gasteiger partial charge in [0.25, 0.3) is 11.7 Å². The minimum atomic E-state index is -4.95. The van der Waals surface area contributed by atoms with E-state index in [9.17, 15) is 27.9 Å². The molecule has 2 aromatic carbocycles. The van der Waals surface area contributed by atoms with Crippen molar-refractivity contribution in [1.82, 2.24) is 0 Å². The Hall–Kier alpha value is -4.21. The highest BCUT2D eigenvalue weighted by atomic mass is 19.4. The van der Waals surface area contributed by atoms with Crippen LogP contribution in [-0.4, -0.2) is 30.3 Å². The molecule has 1 atom stereocenters. The van der Waals surface area contributed by atoms with Crippen LogP contribution >= 0.6 is 0 Å². The Balaban J connectivity index is 1.89. The molecule has 1 saturated heterocycles.